The van der Waals surface area contributed by atoms with Crippen molar-refractivity contribution < 1.29 is 56.2 Å². The van der Waals surface area contributed by atoms with Gasteiger partial charge < -0.3 is 25.8 Å². The molecule has 0 aliphatic carbocycles. The van der Waals surface area contributed by atoms with Crippen LogP contribution in [0.2, 0.25) is 0 Å². The van der Waals surface area contributed by atoms with E-state index in [4.69, 9.17) is 20.7 Å². The molecule has 4 atom stereocenters. The van der Waals surface area contributed by atoms with E-state index in [0.29, 0.717) is 18.9 Å². The minimum absolute atomic E-state index is 0.0489. The van der Waals surface area contributed by atoms with Crippen molar-refractivity contribution in [3.63, 3.8) is 0 Å². The number of hydrogen-bond donors (Lipinski definition) is 6. The monoisotopic (exact) mass is 640 g/mol. The van der Waals surface area contributed by atoms with Crippen molar-refractivity contribution in [2.24, 2.45) is 0 Å². The maximum absolute atomic E-state index is 10.2. The average molecular weight is 639 g/mol. The number of non-ortho nitro benzene ring substituents is 1. The first-order valence-electron chi connectivity index (χ1n) is 8.80. The third kappa shape index (κ3) is 4.83. The summed E-state index contributed by atoms with van der Waals surface area (Å²) in [7, 11) is 0. The third-order valence-electron chi connectivity index (χ3n) is 4.53. The zero-order chi connectivity index (χ0) is 22.9. The van der Waals surface area contributed by atoms with Gasteiger partial charge in [0.25, 0.3) is 0 Å². The zero-order valence-electron chi connectivity index (χ0n) is 15.9. The summed E-state index contributed by atoms with van der Waals surface area (Å²) >= 11 is 4.43. The van der Waals surface area contributed by atoms with E-state index >= 15 is 0 Å². The van der Waals surface area contributed by atoms with Crippen LogP contribution in [0.3, 0.4) is 0 Å². The van der Waals surface area contributed by atoms with Gasteiger partial charge in [0.2, 0.25) is 5.95 Å². The number of aromatic amines is 1. The van der Waals surface area contributed by atoms with E-state index in [0.717, 1.165) is 0 Å². The first kappa shape index (κ1) is 23.4. The fraction of sp³-hybridized carbons (Fsp3) is 0.312. The molecule has 161 valence electrons. The van der Waals surface area contributed by atoms with E-state index in [1.807, 2.05) is 0 Å². The first-order valence-corrected chi connectivity index (χ1v) is 12.0. The van der Waals surface area contributed by atoms with Crippen LogP contribution in [0.4, 0.5) is 11.6 Å². The van der Waals surface area contributed by atoms with Crippen LogP contribution in [0.1, 0.15) is 6.23 Å². The number of ether oxygens (including phenoxy) is 1. The number of phenolic OH excluding ortho intramolecular Hbond substituents is 1. The second-order valence-electron chi connectivity index (χ2n) is 6.59. The molecule has 0 amide bonds. The van der Waals surface area contributed by atoms with E-state index < -0.39 is 36.1 Å². The van der Waals surface area contributed by atoms with Crippen LogP contribution in [0.5, 0.6) is 5.75 Å². The zero-order valence-corrected chi connectivity index (χ0v) is 22.3. The molecule has 0 saturated carbocycles. The topological polar surface area (TPSA) is 206 Å². The Balaban J connectivity index is 0.000000210. The predicted octanol–water partition coefficient (Wildman–Crippen LogP) is -1.76. The summed E-state index contributed by atoms with van der Waals surface area (Å²) < 4.78 is 8.01. The number of nitrogens with two attached hydrogens (primary N) is 1. The Morgan fingerprint density at radius 1 is 1.39 bits per heavy atom. The number of aromatic nitrogens is 4. The molecule has 1 aromatic carbocycles. The number of fused-ring (bicyclic) bond motifs is 1. The molecule has 31 heavy (non-hydrogen) atoms. The SMILES string of the molecule is Nc1nc2c(ncn2[C@H]2O[C@H](CO)[C@@H](O)[C@@H]2O)c(=[SH+])[nH]1.O=[N+]([O-])c1ccc(O)[c]([Hg])c1. The molecular formula is C16H18HgN6O7S+. The fourth-order valence-corrected chi connectivity index (χ4v) is 4.48. The molecular weight excluding hydrogens is 621 g/mol. The van der Waals surface area contributed by atoms with Crippen molar-refractivity contribution in [2.45, 2.75) is 24.5 Å². The molecule has 1 aliphatic rings. The van der Waals surface area contributed by atoms with Crippen molar-refractivity contribution in [3.05, 3.63) is 39.3 Å². The molecule has 0 spiro atoms. The van der Waals surface area contributed by atoms with Gasteiger partial charge in [-0.05, 0) is 0 Å². The number of nitro groups is 1. The molecule has 4 rings (SSSR count). The summed E-state index contributed by atoms with van der Waals surface area (Å²) in [4.78, 5) is 20.7. The van der Waals surface area contributed by atoms with Crippen LogP contribution in [-0.4, -0.2) is 69.8 Å². The average Bonchev–Trinajstić information content (AvgIpc) is 3.25. The van der Waals surface area contributed by atoms with Gasteiger partial charge in [-0.1, -0.05) is 0 Å². The summed E-state index contributed by atoms with van der Waals surface area (Å²) in [6, 6.07) is 4.07. The quantitative estimate of drug-likeness (QED) is 0.0476. The fourth-order valence-electron chi connectivity index (χ4n) is 2.94. The molecule has 0 bridgehead atoms. The van der Waals surface area contributed by atoms with Gasteiger partial charge in [0.05, 0.1) is 12.9 Å². The first-order chi connectivity index (χ1) is 14.6. The normalized spacial score (nSPS) is 22.9. The van der Waals surface area contributed by atoms with Gasteiger partial charge in [-0.3, -0.25) is 9.55 Å². The van der Waals surface area contributed by atoms with Gasteiger partial charge >= 0.3 is 83.6 Å². The number of imidazole rings is 1. The summed E-state index contributed by atoms with van der Waals surface area (Å²) in [6.07, 6.45) is -2.76. The molecule has 1 saturated heterocycles. The van der Waals surface area contributed by atoms with Crippen LogP contribution in [0, 0.1) is 14.8 Å². The van der Waals surface area contributed by atoms with Crippen molar-refractivity contribution in [1.82, 2.24) is 19.5 Å². The number of anilines is 1. The Morgan fingerprint density at radius 2 is 2.10 bits per heavy atom. The minimum atomic E-state index is -1.21. The molecule has 15 heteroatoms. The number of phenols is 1. The Kier molecular flexibility index (Phi) is 7.18. The van der Waals surface area contributed by atoms with E-state index in [9.17, 15) is 20.3 Å². The number of aliphatic hydroxyl groups excluding tert-OH is 3. The van der Waals surface area contributed by atoms with E-state index in [1.165, 1.54) is 29.1 Å². The van der Waals surface area contributed by atoms with Gasteiger partial charge in [0, 0.05) is 0 Å². The number of rotatable bonds is 3. The van der Waals surface area contributed by atoms with Gasteiger partial charge in [-0.15, -0.1) is 0 Å². The Morgan fingerprint density at radius 3 is 2.68 bits per heavy atom. The number of aromatic hydroxyl groups is 1. The number of nitro benzene ring substituents is 1. The molecule has 3 aromatic rings. The third-order valence-corrected chi connectivity index (χ3v) is 7.06. The van der Waals surface area contributed by atoms with E-state index in [2.05, 4.69) is 27.2 Å². The number of H-pyrrole nitrogens is 1. The number of thiol groups is 1. The predicted molar refractivity (Wildman–Crippen MR) is 106 cm³/mol. The van der Waals surface area contributed by atoms with Crippen LogP contribution in [0.25, 0.3) is 11.2 Å². The van der Waals surface area contributed by atoms with E-state index in [1.54, 1.807) is 0 Å². The van der Waals surface area contributed by atoms with Crippen LogP contribution < -0.4 is 8.81 Å². The van der Waals surface area contributed by atoms with Crippen LogP contribution in [0.15, 0.2) is 24.5 Å². The van der Waals surface area contributed by atoms with Crippen LogP contribution >= 0.6 is 0 Å². The summed E-state index contributed by atoms with van der Waals surface area (Å²) in [5.74, 6) is 0.301. The molecule has 0 unspecified atom stereocenters. The molecule has 3 heterocycles. The number of nitrogens with zero attached hydrogens (tertiary/aromatic N) is 4. The molecule has 7 N–H and O–H groups in total. The van der Waals surface area contributed by atoms with Gasteiger partial charge in [0.15, 0.2) is 29.6 Å². The number of nitrogen functional groups attached to an aromatic ring is 1. The molecule has 1 fully saturated rings. The Labute approximate surface area is 195 Å². The van der Waals surface area contributed by atoms with Crippen molar-refractivity contribution in [2.75, 3.05) is 12.3 Å². The standard InChI is InChI=1S/C10H13N5O4S.C6H4NO3.Hg/c11-10-13-7-4(8(20)14-10)12-2-15(7)9-6(18)5(17)3(1-16)19-9;8-6-3-1-5(2-4-6)7(9)10;/h2-3,5-6,9,16-18H,1H2,(H3,11,13,14,20);1-3,8H;/p+1/t3-,5-,6+,9+;;/m1../s1. The number of nitrogens with one attached hydrogen (secondary N) is 1. The van der Waals surface area contributed by atoms with Crippen LogP contribution in [-0.2, 0) is 43.1 Å². The summed E-state index contributed by atoms with van der Waals surface area (Å²) in [6.45, 7) is -0.400. The Hall–Kier alpha value is -2.23. The summed E-state index contributed by atoms with van der Waals surface area (Å²) in [5, 5.41) is 48.1. The molecule has 2 aromatic heterocycles. The van der Waals surface area contributed by atoms with Gasteiger partial charge in [0.1, 0.15) is 18.3 Å². The van der Waals surface area contributed by atoms with Crippen molar-refractivity contribution in [3.8, 4) is 5.75 Å². The molecule has 13 nitrogen and oxygen atoms in total. The van der Waals surface area contributed by atoms with Crippen molar-refractivity contribution >= 4 is 38.1 Å². The second kappa shape index (κ2) is 9.50. The summed E-state index contributed by atoms with van der Waals surface area (Å²) in [5.41, 5.74) is 6.49. The van der Waals surface area contributed by atoms with Gasteiger partial charge in [-0.25, -0.2) is 4.98 Å². The van der Waals surface area contributed by atoms with Crippen molar-refractivity contribution in [1.29, 1.82) is 0 Å². The number of aliphatic hydroxyl groups is 3. The molecule has 0 radical (unpaired) electrons. The number of benzene rings is 1. The Bertz CT molecular complexity index is 1170. The van der Waals surface area contributed by atoms with E-state index in [-0.39, 0.29) is 43.5 Å². The second-order valence-corrected chi connectivity index (χ2v) is 10.0. The molecule has 1 aliphatic heterocycles. The number of hydrogen-bond acceptors (Lipinski definition) is 10. The van der Waals surface area contributed by atoms with Gasteiger partial charge in [-0.2, -0.15) is 4.98 Å². The maximum atomic E-state index is 10.2.